The Labute approximate surface area is 204 Å². The molecule has 0 bridgehead atoms. The summed E-state index contributed by atoms with van der Waals surface area (Å²) in [7, 11) is 0. The fourth-order valence-corrected chi connectivity index (χ4v) is 4.95. The normalized spacial score (nSPS) is 12.0. The van der Waals surface area contributed by atoms with Gasteiger partial charge in [0.15, 0.2) is 0 Å². The van der Waals surface area contributed by atoms with Crippen LogP contribution in [0, 0.1) is 13.8 Å². The minimum absolute atomic E-state index is 0.183. The summed E-state index contributed by atoms with van der Waals surface area (Å²) in [5.74, 6) is -1.43. The van der Waals surface area contributed by atoms with Gasteiger partial charge in [-0.05, 0) is 86.3 Å². The van der Waals surface area contributed by atoms with Crippen LogP contribution in [0.4, 0.5) is 0 Å². The van der Waals surface area contributed by atoms with Crippen LogP contribution in [-0.4, -0.2) is 34.2 Å². The SMILES string of the molecule is CCC(O)(CC)CCc1ccc(C(CC)(CC)c2ccc(C(=O)NCC(=O)O)c(C)c2)cc1C. The number of carbonyl (C=O) groups excluding carboxylic acids is 1. The van der Waals surface area contributed by atoms with Gasteiger partial charge in [0, 0.05) is 11.0 Å². The zero-order valence-electron chi connectivity index (χ0n) is 21.6. The molecule has 2 rings (SSSR count). The van der Waals surface area contributed by atoms with Gasteiger partial charge in [-0.2, -0.15) is 0 Å². The highest BCUT2D eigenvalue weighted by Crippen LogP contribution is 2.40. The molecule has 0 aliphatic heterocycles. The van der Waals surface area contributed by atoms with Gasteiger partial charge in [0.1, 0.15) is 6.54 Å². The summed E-state index contributed by atoms with van der Waals surface area (Å²) in [6.45, 7) is 12.1. The zero-order chi connectivity index (χ0) is 25.5. The van der Waals surface area contributed by atoms with Crippen molar-refractivity contribution in [3.05, 3.63) is 69.8 Å². The molecule has 1 amide bonds. The molecule has 186 valence electrons. The van der Waals surface area contributed by atoms with E-state index in [4.69, 9.17) is 5.11 Å². The van der Waals surface area contributed by atoms with E-state index in [9.17, 15) is 14.7 Å². The van der Waals surface area contributed by atoms with Gasteiger partial charge >= 0.3 is 5.97 Å². The molecular formula is C29H41NO4. The van der Waals surface area contributed by atoms with Crippen LogP contribution in [-0.2, 0) is 16.6 Å². The number of benzene rings is 2. The Morgan fingerprint density at radius 1 is 0.853 bits per heavy atom. The maximum Gasteiger partial charge on any atom is 0.322 e. The Kier molecular flexibility index (Phi) is 9.45. The van der Waals surface area contributed by atoms with Crippen molar-refractivity contribution in [2.45, 2.75) is 91.1 Å². The highest BCUT2D eigenvalue weighted by atomic mass is 16.4. The first kappa shape index (κ1) is 27.6. The number of carboxylic acids is 1. The Hall–Kier alpha value is -2.66. The van der Waals surface area contributed by atoms with E-state index in [1.165, 1.54) is 16.7 Å². The third kappa shape index (κ3) is 6.06. The highest BCUT2D eigenvalue weighted by molar-refractivity contribution is 5.97. The summed E-state index contributed by atoms with van der Waals surface area (Å²) < 4.78 is 0. The topological polar surface area (TPSA) is 86.6 Å². The molecule has 34 heavy (non-hydrogen) atoms. The number of aliphatic hydroxyl groups is 1. The van der Waals surface area contributed by atoms with Crippen molar-refractivity contribution >= 4 is 11.9 Å². The predicted molar refractivity (Wildman–Crippen MR) is 138 cm³/mol. The summed E-state index contributed by atoms with van der Waals surface area (Å²) in [5, 5.41) is 22.0. The Morgan fingerprint density at radius 2 is 1.41 bits per heavy atom. The van der Waals surface area contributed by atoms with Crippen molar-refractivity contribution in [3.8, 4) is 0 Å². The first-order chi connectivity index (χ1) is 16.1. The second-order valence-corrected chi connectivity index (χ2v) is 9.47. The fraction of sp³-hybridized carbons (Fsp3) is 0.517. The second-order valence-electron chi connectivity index (χ2n) is 9.47. The van der Waals surface area contributed by atoms with Crippen LogP contribution < -0.4 is 5.32 Å². The molecule has 0 fully saturated rings. The third-order valence-corrected chi connectivity index (χ3v) is 7.70. The standard InChI is InChI=1S/C29H41NO4/c1-7-28(34,8-2)16-15-22-11-12-23(17-20(22)5)29(9-3,10-4)24-13-14-25(21(6)18-24)27(33)30-19-26(31)32/h11-14,17-18,34H,7-10,15-16,19H2,1-6H3,(H,30,33)(H,31,32). The van der Waals surface area contributed by atoms with E-state index in [0.717, 1.165) is 49.7 Å². The van der Waals surface area contributed by atoms with Crippen molar-refractivity contribution < 1.29 is 19.8 Å². The maximum absolute atomic E-state index is 12.4. The van der Waals surface area contributed by atoms with Crippen molar-refractivity contribution in [2.24, 2.45) is 0 Å². The summed E-state index contributed by atoms with van der Waals surface area (Å²) in [6, 6.07) is 12.6. The first-order valence-electron chi connectivity index (χ1n) is 12.5. The molecule has 0 atom stereocenters. The Morgan fingerprint density at radius 3 is 1.88 bits per heavy atom. The average Bonchev–Trinajstić information content (AvgIpc) is 2.83. The van der Waals surface area contributed by atoms with E-state index >= 15 is 0 Å². The number of hydrogen-bond donors (Lipinski definition) is 3. The summed E-state index contributed by atoms with van der Waals surface area (Å²) in [4.78, 5) is 23.2. The van der Waals surface area contributed by atoms with Crippen molar-refractivity contribution in [1.82, 2.24) is 5.32 Å². The molecular weight excluding hydrogens is 426 g/mol. The van der Waals surface area contributed by atoms with Crippen LogP contribution >= 0.6 is 0 Å². The third-order valence-electron chi connectivity index (χ3n) is 7.70. The van der Waals surface area contributed by atoms with E-state index in [1.807, 2.05) is 26.8 Å². The van der Waals surface area contributed by atoms with Crippen LogP contribution in [0.2, 0.25) is 0 Å². The summed E-state index contributed by atoms with van der Waals surface area (Å²) in [6.07, 6.45) is 4.97. The first-order valence-corrected chi connectivity index (χ1v) is 12.5. The van der Waals surface area contributed by atoms with Gasteiger partial charge in [0.2, 0.25) is 0 Å². The van der Waals surface area contributed by atoms with Crippen LogP contribution in [0.15, 0.2) is 36.4 Å². The molecule has 0 aromatic heterocycles. The van der Waals surface area contributed by atoms with Gasteiger partial charge in [0.05, 0.1) is 5.60 Å². The highest BCUT2D eigenvalue weighted by Gasteiger charge is 2.32. The van der Waals surface area contributed by atoms with Crippen molar-refractivity contribution in [3.63, 3.8) is 0 Å². The zero-order valence-corrected chi connectivity index (χ0v) is 21.6. The average molecular weight is 468 g/mol. The number of hydrogen-bond acceptors (Lipinski definition) is 3. The molecule has 0 radical (unpaired) electrons. The lowest BCUT2D eigenvalue weighted by atomic mass is 9.69. The van der Waals surface area contributed by atoms with Crippen molar-refractivity contribution in [1.29, 1.82) is 0 Å². The summed E-state index contributed by atoms with van der Waals surface area (Å²) >= 11 is 0. The largest absolute Gasteiger partial charge is 0.480 e. The molecule has 0 saturated heterocycles. The molecule has 2 aromatic carbocycles. The van der Waals surface area contributed by atoms with Gasteiger partial charge in [-0.15, -0.1) is 0 Å². The lowest BCUT2D eigenvalue weighted by molar-refractivity contribution is -0.135. The van der Waals surface area contributed by atoms with E-state index < -0.39 is 18.1 Å². The van der Waals surface area contributed by atoms with Gasteiger partial charge in [-0.3, -0.25) is 9.59 Å². The predicted octanol–water partition coefficient (Wildman–Crippen LogP) is 5.71. The van der Waals surface area contributed by atoms with E-state index in [0.29, 0.717) is 5.56 Å². The van der Waals surface area contributed by atoms with Gasteiger partial charge in [-0.1, -0.05) is 58.0 Å². The molecule has 3 N–H and O–H groups in total. The number of carbonyl (C=O) groups is 2. The number of carboxylic acid groups (broad SMARTS) is 1. The Balaban J connectivity index is 2.37. The molecule has 0 aliphatic rings. The molecule has 0 spiro atoms. The van der Waals surface area contributed by atoms with E-state index in [2.05, 4.69) is 50.4 Å². The van der Waals surface area contributed by atoms with Crippen LogP contribution in [0.3, 0.4) is 0 Å². The summed E-state index contributed by atoms with van der Waals surface area (Å²) in [5.41, 5.74) is 5.46. The fourth-order valence-electron chi connectivity index (χ4n) is 4.95. The Bertz CT molecular complexity index is 1000. The quantitative estimate of drug-likeness (QED) is 0.373. The second kappa shape index (κ2) is 11.7. The molecule has 2 aromatic rings. The van der Waals surface area contributed by atoms with Gasteiger partial charge < -0.3 is 15.5 Å². The number of aryl methyl sites for hydroxylation is 3. The van der Waals surface area contributed by atoms with Crippen molar-refractivity contribution in [2.75, 3.05) is 6.54 Å². The molecule has 5 nitrogen and oxygen atoms in total. The number of rotatable bonds is 12. The van der Waals surface area contributed by atoms with Crippen LogP contribution in [0.5, 0.6) is 0 Å². The molecule has 0 heterocycles. The minimum Gasteiger partial charge on any atom is -0.480 e. The minimum atomic E-state index is -1.06. The molecule has 0 saturated carbocycles. The molecule has 0 aliphatic carbocycles. The maximum atomic E-state index is 12.4. The smallest absolute Gasteiger partial charge is 0.322 e. The lowest BCUT2D eigenvalue weighted by Gasteiger charge is -2.34. The molecule has 0 unspecified atom stereocenters. The number of nitrogens with one attached hydrogen (secondary N) is 1. The monoisotopic (exact) mass is 467 g/mol. The van der Waals surface area contributed by atoms with E-state index in [-0.39, 0.29) is 11.3 Å². The van der Waals surface area contributed by atoms with Crippen LogP contribution in [0.1, 0.15) is 98.0 Å². The van der Waals surface area contributed by atoms with Gasteiger partial charge in [-0.25, -0.2) is 0 Å². The lowest BCUT2D eigenvalue weighted by Crippen LogP contribution is -2.30. The molecule has 5 heteroatoms. The van der Waals surface area contributed by atoms with E-state index in [1.54, 1.807) is 6.07 Å². The van der Waals surface area contributed by atoms with Gasteiger partial charge in [0.25, 0.3) is 5.91 Å². The number of aliphatic carboxylic acids is 1. The van der Waals surface area contributed by atoms with Crippen LogP contribution in [0.25, 0.3) is 0 Å². The number of amides is 1.